The first-order valence-electron chi connectivity index (χ1n) is 4.21. The Morgan fingerprint density at radius 1 is 1.40 bits per heavy atom. The second kappa shape index (κ2) is 4.93. The number of benzene rings is 1. The second-order valence-electron chi connectivity index (χ2n) is 3.06. The summed E-state index contributed by atoms with van der Waals surface area (Å²) in [6.45, 7) is 1.46. The van der Waals surface area contributed by atoms with Crippen LogP contribution >= 0.6 is 15.9 Å². The Labute approximate surface area is 95.5 Å². The average molecular weight is 272 g/mol. The van der Waals surface area contributed by atoms with Crippen LogP contribution in [0.3, 0.4) is 0 Å². The molecule has 0 saturated carbocycles. The minimum absolute atomic E-state index is 0.392. The maximum absolute atomic E-state index is 11.4. The molecule has 15 heavy (non-hydrogen) atoms. The number of ether oxygens (including phenoxy) is 1. The number of aryl methyl sites for hydroxylation is 1. The highest BCUT2D eigenvalue weighted by Crippen LogP contribution is 2.15. The average Bonchev–Trinajstić information content (AvgIpc) is 2.12. The number of hydrogen-bond acceptors (Lipinski definition) is 3. The molecule has 0 bridgehead atoms. The Morgan fingerprint density at radius 2 is 2.07 bits per heavy atom. The van der Waals surface area contributed by atoms with Gasteiger partial charge in [-0.25, -0.2) is 4.79 Å². The van der Waals surface area contributed by atoms with Crippen molar-refractivity contribution in [3.63, 3.8) is 0 Å². The largest absolute Gasteiger partial charge is 0.452 e. The van der Waals surface area contributed by atoms with Crippen LogP contribution in [0.4, 0.5) is 0 Å². The molecule has 0 saturated heterocycles. The number of carbonyl (C=O) groups is 2. The van der Waals surface area contributed by atoms with Crippen molar-refractivity contribution in [3.05, 3.63) is 33.8 Å². The van der Waals surface area contributed by atoms with E-state index in [1.165, 1.54) is 0 Å². The van der Waals surface area contributed by atoms with Crippen molar-refractivity contribution in [3.8, 4) is 0 Å². The third kappa shape index (κ3) is 3.71. The Balaban J connectivity index is 2.77. The Hall–Kier alpha value is -1.36. The molecule has 80 valence electrons. The van der Waals surface area contributed by atoms with E-state index in [2.05, 4.69) is 20.7 Å². The molecule has 0 spiro atoms. The molecule has 1 aromatic rings. The van der Waals surface area contributed by atoms with Crippen LogP contribution in [0.2, 0.25) is 0 Å². The fraction of sp³-hybridized carbons (Fsp3) is 0.200. The van der Waals surface area contributed by atoms with Gasteiger partial charge in [0.15, 0.2) is 6.61 Å². The van der Waals surface area contributed by atoms with Gasteiger partial charge in [0.2, 0.25) is 0 Å². The van der Waals surface area contributed by atoms with E-state index in [4.69, 9.17) is 5.73 Å². The van der Waals surface area contributed by atoms with Crippen LogP contribution in [0, 0.1) is 6.92 Å². The number of nitrogens with two attached hydrogens (primary N) is 1. The van der Waals surface area contributed by atoms with Crippen molar-refractivity contribution in [1.29, 1.82) is 0 Å². The van der Waals surface area contributed by atoms with Gasteiger partial charge in [-0.3, -0.25) is 4.79 Å². The zero-order valence-electron chi connectivity index (χ0n) is 8.12. The van der Waals surface area contributed by atoms with Gasteiger partial charge in [0.25, 0.3) is 5.91 Å². The van der Waals surface area contributed by atoms with E-state index < -0.39 is 18.5 Å². The Kier molecular flexibility index (Phi) is 3.85. The highest BCUT2D eigenvalue weighted by atomic mass is 79.9. The van der Waals surface area contributed by atoms with Crippen LogP contribution in [0.1, 0.15) is 15.9 Å². The van der Waals surface area contributed by atoms with Crippen molar-refractivity contribution in [1.82, 2.24) is 0 Å². The third-order valence-electron chi connectivity index (χ3n) is 1.62. The van der Waals surface area contributed by atoms with Crippen LogP contribution in [-0.4, -0.2) is 18.5 Å². The number of primary amides is 1. The van der Waals surface area contributed by atoms with E-state index >= 15 is 0 Å². The predicted octanol–water partition coefficient (Wildman–Crippen LogP) is 1.40. The van der Waals surface area contributed by atoms with Crippen LogP contribution in [0.5, 0.6) is 0 Å². The van der Waals surface area contributed by atoms with Crippen LogP contribution in [-0.2, 0) is 9.53 Å². The molecule has 5 heteroatoms. The summed E-state index contributed by atoms with van der Waals surface area (Å²) >= 11 is 3.26. The highest BCUT2D eigenvalue weighted by Gasteiger charge is 2.09. The van der Waals surface area contributed by atoms with E-state index in [1.54, 1.807) is 12.1 Å². The summed E-state index contributed by atoms with van der Waals surface area (Å²) in [5.74, 6) is -1.23. The van der Waals surface area contributed by atoms with E-state index in [1.807, 2.05) is 13.0 Å². The lowest BCUT2D eigenvalue weighted by molar-refractivity contribution is -0.121. The molecule has 1 aromatic carbocycles. The molecule has 4 nitrogen and oxygen atoms in total. The van der Waals surface area contributed by atoms with Gasteiger partial charge in [0.05, 0.1) is 5.56 Å². The van der Waals surface area contributed by atoms with Gasteiger partial charge >= 0.3 is 5.97 Å². The zero-order chi connectivity index (χ0) is 11.4. The van der Waals surface area contributed by atoms with Crippen LogP contribution in [0.25, 0.3) is 0 Å². The Bertz CT molecular complexity index is 383. The molecule has 1 rings (SSSR count). The number of amides is 1. The van der Waals surface area contributed by atoms with Gasteiger partial charge < -0.3 is 10.5 Å². The van der Waals surface area contributed by atoms with E-state index in [-0.39, 0.29) is 0 Å². The highest BCUT2D eigenvalue weighted by molar-refractivity contribution is 9.10. The molecule has 2 N–H and O–H groups in total. The summed E-state index contributed by atoms with van der Waals surface area (Å²) in [5.41, 5.74) is 6.17. The smallest absolute Gasteiger partial charge is 0.338 e. The molecular weight excluding hydrogens is 262 g/mol. The van der Waals surface area contributed by atoms with Gasteiger partial charge in [0.1, 0.15) is 0 Å². The molecule has 0 fully saturated rings. The normalized spacial score (nSPS) is 9.73. The van der Waals surface area contributed by atoms with Crippen molar-refractivity contribution >= 4 is 27.8 Å². The van der Waals surface area contributed by atoms with Crippen LogP contribution in [0.15, 0.2) is 22.7 Å². The number of hydrogen-bond donors (Lipinski definition) is 1. The standard InChI is InChI=1S/C10H10BrNO3/c1-6-2-7(4-8(11)3-6)10(14)15-5-9(12)13/h2-4H,5H2,1H3,(H2,12,13). The zero-order valence-corrected chi connectivity index (χ0v) is 9.71. The molecule has 1 amide bonds. The first-order chi connectivity index (χ1) is 6.99. The topological polar surface area (TPSA) is 69.4 Å². The van der Waals surface area contributed by atoms with Gasteiger partial charge in [-0.05, 0) is 30.7 Å². The number of rotatable bonds is 3. The minimum Gasteiger partial charge on any atom is -0.452 e. The summed E-state index contributed by atoms with van der Waals surface area (Å²) in [5, 5.41) is 0. The van der Waals surface area contributed by atoms with E-state index in [9.17, 15) is 9.59 Å². The maximum atomic E-state index is 11.4. The second-order valence-corrected chi connectivity index (χ2v) is 3.98. The summed E-state index contributed by atoms with van der Waals surface area (Å²) < 4.78 is 5.45. The van der Waals surface area contributed by atoms with Gasteiger partial charge in [-0.2, -0.15) is 0 Å². The number of esters is 1. The summed E-state index contributed by atoms with van der Waals surface area (Å²) in [4.78, 5) is 21.8. The summed E-state index contributed by atoms with van der Waals surface area (Å²) in [7, 11) is 0. The Morgan fingerprint density at radius 3 is 2.60 bits per heavy atom. The number of halogens is 1. The van der Waals surface area contributed by atoms with Crippen LogP contribution < -0.4 is 5.73 Å². The molecule has 0 aromatic heterocycles. The molecular formula is C10H10BrNO3. The quantitative estimate of drug-likeness (QED) is 0.845. The van der Waals surface area contributed by atoms with Gasteiger partial charge in [0, 0.05) is 4.47 Å². The minimum atomic E-state index is -0.671. The molecule has 0 aliphatic carbocycles. The van der Waals surface area contributed by atoms with Crippen molar-refractivity contribution < 1.29 is 14.3 Å². The van der Waals surface area contributed by atoms with Crippen molar-refractivity contribution in [2.24, 2.45) is 5.73 Å². The fourth-order valence-corrected chi connectivity index (χ4v) is 1.68. The van der Waals surface area contributed by atoms with Gasteiger partial charge in [-0.1, -0.05) is 15.9 Å². The fourth-order valence-electron chi connectivity index (χ4n) is 1.07. The molecule has 0 atom stereocenters. The van der Waals surface area contributed by atoms with Crippen molar-refractivity contribution in [2.75, 3.05) is 6.61 Å². The first-order valence-corrected chi connectivity index (χ1v) is 5.01. The lowest BCUT2D eigenvalue weighted by atomic mass is 10.1. The van der Waals surface area contributed by atoms with Gasteiger partial charge in [-0.15, -0.1) is 0 Å². The summed E-state index contributed by atoms with van der Waals surface area (Å²) in [6, 6.07) is 5.16. The molecule has 0 aliphatic rings. The molecule has 0 aliphatic heterocycles. The lowest BCUT2D eigenvalue weighted by Gasteiger charge is -2.04. The predicted molar refractivity (Wildman–Crippen MR) is 58.4 cm³/mol. The monoisotopic (exact) mass is 271 g/mol. The van der Waals surface area contributed by atoms with E-state index in [0.29, 0.717) is 5.56 Å². The SMILES string of the molecule is Cc1cc(Br)cc(C(=O)OCC(N)=O)c1. The molecule has 0 heterocycles. The molecule has 0 unspecified atom stereocenters. The third-order valence-corrected chi connectivity index (χ3v) is 2.08. The number of carbonyl (C=O) groups excluding carboxylic acids is 2. The lowest BCUT2D eigenvalue weighted by Crippen LogP contribution is -2.20. The molecule has 0 radical (unpaired) electrons. The maximum Gasteiger partial charge on any atom is 0.338 e. The summed E-state index contributed by atoms with van der Waals surface area (Å²) in [6.07, 6.45) is 0. The first kappa shape index (κ1) is 11.7. The van der Waals surface area contributed by atoms with E-state index in [0.717, 1.165) is 10.0 Å². The van der Waals surface area contributed by atoms with Crippen molar-refractivity contribution in [2.45, 2.75) is 6.92 Å².